The smallest absolute Gasteiger partial charge is 0.239 e. The van der Waals surface area contributed by atoms with Gasteiger partial charge in [0.05, 0.1) is 85.3 Å². The molecule has 60 heavy (non-hydrogen) atoms. The Hall–Kier alpha value is -5.04. The molecule has 6 heterocycles. The number of rotatable bonds is 9. The quantitative estimate of drug-likeness (QED) is 0.162. The monoisotopic (exact) mass is 850 g/mol. The van der Waals surface area contributed by atoms with Gasteiger partial charge in [-0.3, -0.25) is 9.13 Å². The lowest BCUT2D eigenvalue weighted by atomic mass is 10.1. The second-order valence-electron chi connectivity index (χ2n) is 16.7. The third-order valence-corrected chi connectivity index (χ3v) is 16.5. The summed E-state index contributed by atoms with van der Waals surface area (Å²) < 4.78 is 53.1. The molecule has 16 nitrogen and oxygen atoms in total. The number of aryl methyl sites for hydroxylation is 2. The molecule has 6 aromatic rings. The molecule has 2 saturated heterocycles. The number of hydrogen-bond donors (Lipinski definition) is 0. The number of benzene rings is 2. The minimum atomic E-state index is -2.75. The standard InChI is InChI=1S/C42H50N12O4S2/c1-25-23-57-17-15-51(25)39-21-37(49-59(5,55)30-12-13-30)45-42(48-39)54-28(4)44-33-19-29(11-14-35(33)54)31-20-36(31)60(6,56)50-38-22-40(52-16-18-58-24-26(52)2)47-41(46-38)53-27(3)43-32-9-7-8-10-34(32)53/h7-11,14,19,21-22,25-26,30-31,36H,12-13,15-18,20,23-24H2,1-6H3/t25-,26-,31?,36?,59+,60?/m1/s1. The Balaban J connectivity index is 0.984. The van der Waals surface area contributed by atoms with Gasteiger partial charge in [-0.15, -0.1) is 0 Å². The highest BCUT2D eigenvalue weighted by Gasteiger charge is 2.45. The molecule has 314 valence electrons. The molecule has 2 saturated carbocycles. The van der Waals surface area contributed by atoms with Crippen molar-refractivity contribution in [2.75, 3.05) is 61.8 Å². The van der Waals surface area contributed by atoms with Crippen LogP contribution in [0.25, 0.3) is 34.0 Å². The summed E-state index contributed by atoms with van der Waals surface area (Å²) in [5.41, 5.74) is 4.42. The number of ether oxygens (including phenoxy) is 2. The number of morpholine rings is 2. The first-order chi connectivity index (χ1) is 28.8. The average molecular weight is 851 g/mol. The maximum atomic E-state index is 14.6. The second kappa shape index (κ2) is 14.8. The number of fused-ring (bicyclic) bond motifs is 2. The van der Waals surface area contributed by atoms with E-state index in [0.717, 1.165) is 58.5 Å². The van der Waals surface area contributed by atoms with Crippen molar-refractivity contribution in [1.82, 2.24) is 39.0 Å². The van der Waals surface area contributed by atoms with E-state index in [1.165, 1.54) is 0 Å². The predicted octanol–water partition coefficient (Wildman–Crippen LogP) is 6.19. The Morgan fingerprint density at radius 2 is 1.22 bits per heavy atom. The van der Waals surface area contributed by atoms with E-state index in [9.17, 15) is 8.42 Å². The lowest BCUT2D eigenvalue weighted by molar-refractivity contribution is 0.0985. The van der Waals surface area contributed by atoms with Crippen molar-refractivity contribution in [2.24, 2.45) is 8.73 Å². The van der Waals surface area contributed by atoms with Crippen LogP contribution in [0.2, 0.25) is 0 Å². The zero-order valence-electron chi connectivity index (χ0n) is 34.8. The highest BCUT2D eigenvalue weighted by molar-refractivity contribution is 7.94. The Bertz CT molecular complexity index is 2930. The zero-order chi connectivity index (χ0) is 41.5. The maximum absolute atomic E-state index is 14.6. The first-order valence-electron chi connectivity index (χ1n) is 20.7. The van der Waals surface area contributed by atoms with Crippen molar-refractivity contribution in [1.29, 1.82) is 0 Å². The molecule has 0 radical (unpaired) electrons. The van der Waals surface area contributed by atoms with Crippen molar-refractivity contribution >= 4 is 64.8 Å². The topological polar surface area (TPSA) is 171 Å². The number of aromatic nitrogens is 8. The van der Waals surface area contributed by atoms with Crippen LogP contribution in [0.15, 0.2) is 63.3 Å². The van der Waals surface area contributed by atoms with E-state index in [2.05, 4.69) is 35.8 Å². The molecule has 18 heteroatoms. The van der Waals surface area contributed by atoms with Gasteiger partial charge in [0.1, 0.15) is 23.3 Å². The molecule has 2 aromatic carbocycles. The van der Waals surface area contributed by atoms with E-state index in [4.69, 9.17) is 48.1 Å². The Morgan fingerprint density at radius 1 is 0.667 bits per heavy atom. The summed E-state index contributed by atoms with van der Waals surface area (Å²) in [5.74, 6) is 4.59. The van der Waals surface area contributed by atoms with Crippen molar-refractivity contribution < 1.29 is 17.9 Å². The largest absolute Gasteiger partial charge is 0.377 e. The SMILES string of the molecule is Cc1nc2ccccc2n1-c1nc(N=S(C)(=O)C2CC2c2ccc3c(c2)nc(C)n3-c2nc(N=[S@@](C)(=O)C3CC3)cc(N3CCOC[C@H]3C)n2)cc(N2CCOC[C@H]2C)n1. The van der Waals surface area contributed by atoms with Crippen LogP contribution < -0.4 is 9.80 Å². The van der Waals surface area contributed by atoms with Crippen molar-refractivity contribution in [3.63, 3.8) is 0 Å². The summed E-state index contributed by atoms with van der Waals surface area (Å²) in [4.78, 5) is 34.0. The molecule has 2 aliphatic heterocycles. The summed E-state index contributed by atoms with van der Waals surface area (Å²) >= 11 is 0. The molecule has 0 spiro atoms. The van der Waals surface area contributed by atoms with Gasteiger partial charge in [0.2, 0.25) is 11.9 Å². The van der Waals surface area contributed by atoms with Crippen LogP contribution in [0.5, 0.6) is 0 Å². The molecule has 4 aromatic heterocycles. The normalized spacial score (nSPS) is 24.0. The summed E-state index contributed by atoms with van der Waals surface area (Å²) in [6.45, 7) is 11.8. The number of hydrogen-bond acceptors (Lipinski definition) is 14. The van der Waals surface area contributed by atoms with Gasteiger partial charge >= 0.3 is 0 Å². The van der Waals surface area contributed by atoms with E-state index in [-0.39, 0.29) is 28.5 Å². The molecule has 0 bridgehead atoms. The number of para-hydroxylation sites is 2. The van der Waals surface area contributed by atoms with E-state index in [1.807, 2.05) is 65.4 Å². The van der Waals surface area contributed by atoms with Crippen LogP contribution in [0.1, 0.15) is 56.2 Å². The summed E-state index contributed by atoms with van der Waals surface area (Å²) in [7, 11) is -5.20. The Kier molecular flexibility index (Phi) is 9.68. The molecule has 0 amide bonds. The molecule has 6 atom stereocenters. The van der Waals surface area contributed by atoms with Crippen LogP contribution >= 0.6 is 0 Å². The Morgan fingerprint density at radius 3 is 1.80 bits per heavy atom. The van der Waals surface area contributed by atoms with Gasteiger partial charge in [-0.2, -0.15) is 28.7 Å². The van der Waals surface area contributed by atoms with Crippen LogP contribution in [0, 0.1) is 13.8 Å². The first-order valence-corrected chi connectivity index (χ1v) is 24.6. The third-order valence-electron chi connectivity index (χ3n) is 12.1. The van der Waals surface area contributed by atoms with Gasteiger partial charge in [0.15, 0.2) is 11.6 Å². The summed E-state index contributed by atoms with van der Waals surface area (Å²) in [6.07, 6.45) is 6.04. The van der Waals surface area contributed by atoms with Gasteiger partial charge in [-0.25, -0.2) is 18.4 Å². The highest BCUT2D eigenvalue weighted by Crippen LogP contribution is 2.48. The molecule has 4 aliphatic rings. The molecule has 3 unspecified atom stereocenters. The summed E-state index contributed by atoms with van der Waals surface area (Å²) in [6, 6.07) is 18.0. The minimum Gasteiger partial charge on any atom is -0.377 e. The van der Waals surface area contributed by atoms with E-state index in [0.29, 0.717) is 74.7 Å². The molecule has 4 fully saturated rings. The van der Waals surface area contributed by atoms with E-state index < -0.39 is 19.5 Å². The predicted molar refractivity (Wildman–Crippen MR) is 235 cm³/mol. The molecular weight excluding hydrogens is 801 g/mol. The highest BCUT2D eigenvalue weighted by atomic mass is 32.2. The first kappa shape index (κ1) is 39.1. The van der Waals surface area contributed by atoms with Crippen molar-refractivity contribution in [2.45, 2.75) is 75.5 Å². The molecule has 10 rings (SSSR count). The lowest BCUT2D eigenvalue weighted by Gasteiger charge is -2.34. The number of nitrogens with zero attached hydrogens (tertiary/aromatic N) is 12. The van der Waals surface area contributed by atoms with Crippen molar-refractivity contribution in [3.8, 4) is 11.9 Å². The fraction of sp³-hybridized carbons (Fsp3) is 0.476. The molecule has 0 N–H and O–H groups in total. The fourth-order valence-corrected chi connectivity index (χ4v) is 12.2. The second-order valence-corrected chi connectivity index (χ2v) is 21.8. The summed E-state index contributed by atoms with van der Waals surface area (Å²) in [5, 5.41) is -0.0804. The van der Waals surface area contributed by atoms with Gasteiger partial charge < -0.3 is 19.3 Å². The zero-order valence-corrected chi connectivity index (χ0v) is 36.4. The third kappa shape index (κ3) is 7.30. The van der Waals surface area contributed by atoms with E-state index in [1.54, 1.807) is 12.5 Å². The van der Waals surface area contributed by atoms with Crippen LogP contribution in [-0.2, 0) is 28.9 Å². The maximum Gasteiger partial charge on any atom is 0.239 e. The van der Waals surface area contributed by atoms with Crippen LogP contribution in [0.3, 0.4) is 0 Å². The van der Waals surface area contributed by atoms with Gasteiger partial charge in [-0.1, -0.05) is 18.2 Å². The van der Waals surface area contributed by atoms with Gasteiger partial charge in [0, 0.05) is 48.9 Å². The van der Waals surface area contributed by atoms with Crippen LogP contribution in [0.4, 0.5) is 23.3 Å². The number of anilines is 2. The minimum absolute atomic E-state index is 0.0360. The molecule has 2 aliphatic carbocycles. The average Bonchev–Trinajstić information content (AvgIpc) is 4.15. The molecular formula is C42H50N12O4S2. The Labute approximate surface area is 350 Å². The van der Waals surface area contributed by atoms with E-state index >= 15 is 0 Å². The van der Waals surface area contributed by atoms with Crippen molar-refractivity contribution in [3.05, 3.63) is 71.8 Å². The fourth-order valence-electron chi connectivity index (χ4n) is 8.67. The van der Waals surface area contributed by atoms with Crippen LogP contribution in [-0.4, -0.2) is 122 Å². The van der Waals surface area contributed by atoms with Gasteiger partial charge in [-0.05, 0) is 76.8 Å². The van der Waals surface area contributed by atoms with Gasteiger partial charge in [0.25, 0.3) is 0 Å². The lowest BCUT2D eigenvalue weighted by Crippen LogP contribution is -2.44. The number of imidazole rings is 2.